The van der Waals surface area contributed by atoms with Crippen LogP contribution in [0.3, 0.4) is 0 Å². The third kappa shape index (κ3) is 3.70. The molecule has 0 amide bonds. The summed E-state index contributed by atoms with van der Waals surface area (Å²) < 4.78 is 23.5. The Hall–Kier alpha value is -0.670. The standard InChI is InChI=1S/C9H10ClF2N/c10-8-4-2-1-3-7(8)5-13-6-9(11)12/h1-4,9,13H,5-6H2. The predicted molar refractivity (Wildman–Crippen MR) is 49.2 cm³/mol. The summed E-state index contributed by atoms with van der Waals surface area (Å²) in [5.41, 5.74) is 0.838. The molecule has 1 aromatic carbocycles. The van der Waals surface area contributed by atoms with Gasteiger partial charge in [-0.1, -0.05) is 29.8 Å². The van der Waals surface area contributed by atoms with Crippen LogP contribution in [0.5, 0.6) is 0 Å². The van der Waals surface area contributed by atoms with Crippen molar-refractivity contribution in [2.75, 3.05) is 6.54 Å². The molecule has 0 aliphatic rings. The van der Waals surface area contributed by atoms with Crippen LogP contribution < -0.4 is 5.32 Å². The van der Waals surface area contributed by atoms with E-state index in [1.807, 2.05) is 6.07 Å². The topological polar surface area (TPSA) is 12.0 Å². The molecule has 0 heterocycles. The predicted octanol–water partition coefficient (Wildman–Crippen LogP) is 2.69. The Morgan fingerprint density at radius 2 is 2.00 bits per heavy atom. The number of halogens is 3. The van der Waals surface area contributed by atoms with Gasteiger partial charge >= 0.3 is 0 Å². The van der Waals surface area contributed by atoms with Crippen LogP contribution in [-0.2, 0) is 6.54 Å². The molecule has 0 bridgehead atoms. The van der Waals surface area contributed by atoms with Gasteiger partial charge in [0.25, 0.3) is 6.43 Å². The Bertz CT molecular complexity index is 266. The summed E-state index contributed by atoms with van der Waals surface area (Å²) in [6.07, 6.45) is -2.32. The van der Waals surface area contributed by atoms with Crippen molar-refractivity contribution in [2.24, 2.45) is 0 Å². The number of hydrogen-bond donors (Lipinski definition) is 1. The normalized spacial score (nSPS) is 10.8. The Morgan fingerprint density at radius 1 is 1.31 bits per heavy atom. The Balaban J connectivity index is 2.41. The van der Waals surface area contributed by atoms with E-state index in [1.165, 1.54) is 0 Å². The summed E-state index contributed by atoms with van der Waals surface area (Å²) in [4.78, 5) is 0. The second kappa shape index (κ2) is 5.14. The number of rotatable bonds is 4. The fourth-order valence-corrected chi connectivity index (χ4v) is 1.16. The van der Waals surface area contributed by atoms with Crippen molar-refractivity contribution in [1.29, 1.82) is 0 Å². The second-order valence-corrected chi connectivity index (χ2v) is 3.02. The maximum absolute atomic E-state index is 11.7. The Morgan fingerprint density at radius 3 is 2.62 bits per heavy atom. The molecule has 1 N–H and O–H groups in total. The van der Waals surface area contributed by atoms with Gasteiger partial charge < -0.3 is 5.32 Å². The number of nitrogens with one attached hydrogen (secondary N) is 1. The van der Waals surface area contributed by atoms with Crippen molar-refractivity contribution in [2.45, 2.75) is 13.0 Å². The minimum absolute atomic E-state index is 0.300. The van der Waals surface area contributed by atoms with Crippen LogP contribution in [0.4, 0.5) is 8.78 Å². The summed E-state index contributed by atoms with van der Waals surface area (Å²) in [5, 5.41) is 3.21. The zero-order valence-electron chi connectivity index (χ0n) is 6.93. The van der Waals surface area contributed by atoms with Crippen LogP contribution in [0.15, 0.2) is 24.3 Å². The average Bonchev–Trinajstić information content (AvgIpc) is 2.08. The zero-order chi connectivity index (χ0) is 9.68. The lowest BCUT2D eigenvalue weighted by Crippen LogP contribution is -2.20. The lowest BCUT2D eigenvalue weighted by Gasteiger charge is -2.05. The summed E-state index contributed by atoms with van der Waals surface area (Å²) >= 11 is 5.81. The molecule has 0 saturated heterocycles. The molecule has 0 aliphatic heterocycles. The molecule has 72 valence electrons. The minimum Gasteiger partial charge on any atom is -0.307 e. The fourth-order valence-electron chi connectivity index (χ4n) is 0.958. The van der Waals surface area contributed by atoms with Gasteiger partial charge in [-0.05, 0) is 11.6 Å². The van der Waals surface area contributed by atoms with Gasteiger partial charge in [-0.3, -0.25) is 0 Å². The molecule has 0 fully saturated rings. The van der Waals surface area contributed by atoms with Crippen molar-refractivity contribution >= 4 is 11.6 Å². The van der Waals surface area contributed by atoms with E-state index in [1.54, 1.807) is 18.2 Å². The summed E-state index contributed by atoms with van der Waals surface area (Å²) in [6, 6.07) is 7.17. The fraction of sp³-hybridized carbons (Fsp3) is 0.333. The van der Waals surface area contributed by atoms with Gasteiger partial charge in [-0.25, -0.2) is 8.78 Å². The summed E-state index contributed by atoms with van der Waals surface area (Å²) in [5.74, 6) is 0. The van der Waals surface area contributed by atoms with Crippen molar-refractivity contribution in [3.63, 3.8) is 0 Å². The van der Waals surface area contributed by atoms with E-state index in [2.05, 4.69) is 5.32 Å². The monoisotopic (exact) mass is 205 g/mol. The molecular formula is C9H10ClF2N. The van der Waals surface area contributed by atoms with Gasteiger partial charge in [0.2, 0.25) is 0 Å². The average molecular weight is 206 g/mol. The highest BCUT2D eigenvalue weighted by molar-refractivity contribution is 6.31. The van der Waals surface area contributed by atoms with Crippen LogP contribution in [0.2, 0.25) is 5.02 Å². The van der Waals surface area contributed by atoms with Crippen LogP contribution >= 0.6 is 11.6 Å². The number of benzene rings is 1. The van der Waals surface area contributed by atoms with E-state index >= 15 is 0 Å². The van der Waals surface area contributed by atoms with Gasteiger partial charge in [0.1, 0.15) is 0 Å². The quantitative estimate of drug-likeness (QED) is 0.797. The second-order valence-electron chi connectivity index (χ2n) is 2.61. The van der Waals surface area contributed by atoms with Gasteiger partial charge in [0, 0.05) is 11.6 Å². The zero-order valence-corrected chi connectivity index (χ0v) is 7.69. The van der Waals surface area contributed by atoms with E-state index in [9.17, 15) is 8.78 Å². The van der Waals surface area contributed by atoms with Crippen LogP contribution in [0.1, 0.15) is 5.56 Å². The lowest BCUT2D eigenvalue weighted by molar-refractivity contribution is 0.145. The molecule has 1 nitrogen and oxygen atoms in total. The van der Waals surface area contributed by atoms with Gasteiger partial charge in [-0.2, -0.15) is 0 Å². The third-order valence-corrected chi connectivity index (χ3v) is 1.94. The molecule has 13 heavy (non-hydrogen) atoms. The third-order valence-electron chi connectivity index (χ3n) is 1.57. The van der Waals surface area contributed by atoms with Gasteiger partial charge in [-0.15, -0.1) is 0 Å². The lowest BCUT2D eigenvalue weighted by atomic mass is 10.2. The van der Waals surface area contributed by atoms with Crippen molar-refractivity contribution in [3.05, 3.63) is 34.9 Å². The molecule has 0 spiro atoms. The SMILES string of the molecule is FC(F)CNCc1ccccc1Cl. The van der Waals surface area contributed by atoms with Crippen LogP contribution in [-0.4, -0.2) is 13.0 Å². The Kier molecular flexibility index (Phi) is 4.12. The molecule has 0 aromatic heterocycles. The first-order chi connectivity index (χ1) is 6.20. The molecule has 0 radical (unpaired) electrons. The van der Waals surface area contributed by atoms with Crippen molar-refractivity contribution < 1.29 is 8.78 Å². The molecule has 4 heteroatoms. The molecule has 0 atom stereocenters. The van der Waals surface area contributed by atoms with Crippen molar-refractivity contribution in [3.8, 4) is 0 Å². The molecule has 0 aliphatic carbocycles. The van der Waals surface area contributed by atoms with Gasteiger partial charge in [0.15, 0.2) is 0 Å². The van der Waals surface area contributed by atoms with E-state index in [4.69, 9.17) is 11.6 Å². The Labute approximate surface area is 80.7 Å². The molecule has 1 rings (SSSR count). The molecule has 0 unspecified atom stereocenters. The molecular weight excluding hydrogens is 196 g/mol. The summed E-state index contributed by atoms with van der Waals surface area (Å²) in [6.45, 7) is 0.0786. The minimum atomic E-state index is -2.32. The highest BCUT2D eigenvalue weighted by atomic mass is 35.5. The summed E-state index contributed by atoms with van der Waals surface area (Å²) in [7, 11) is 0. The van der Waals surface area contributed by atoms with E-state index in [0.717, 1.165) is 5.56 Å². The first-order valence-corrected chi connectivity index (χ1v) is 4.30. The van der Waals surface area contributed by atoms with E-state index in [0.29, 0.717) is 11.6 Å². The van der Waals surface area contributed by atoms with Gasteiger partial charge in [0.05, 0.1) is 6.54 Å². The molecule has 0 saturated carbocycles. The van der Waals surface area contributed by atoms with Crippen LogP contribution in [0.25, 0.3) is 0 Å². The molecule has 1 aromatic rings. The highest BCUT2D eigenvalue weighted by Gasteiger charge is 2.02. The smallest absolute Gasteiger partial charge is 0.250 e. The first-order valence-electron chi connectivity index (χ1n) is 3.92. The van der Waals surface area contributed by atoms with Crippen molar-refractivity contribution in [1.82, 2.24) is 5.32 Å². The maximum atomic E-state index is 11.7. The van der Waals surface area contributed by atoms with Crippen LogP contribution in [0, 0.1) is 0 Å². The number of alkyl halides is 2. The highest BCUT2D eigenvalue weighted by Crippen LogP contribution is 2.14. The van der Waals surface area contributed by atoms with E-state index < -0.39 is 6.43 Å². The first kappa shape index (κ1) is 10.4. The maximum Gasteiger partial charge on any atom is 0.250 e. The largest absolute Gasteiger partial charge is 0.307 e. The van der Waals surface area contributed by atoms with E-state index in [-0.39, 0.29) is 6.54 Å². The number of hydrogen-bond acceptors (Lipinski definition) is 1.